The molecule has 1 atom stereocenters. The molecule has 3 nitrogen and oxygen atoms in total. The number of hydrogen-bond donors (Lipinski definition) is 2. The molecule has 2 rings (SSSR count). The molecule has 1 aromatic rings. The van der Waals surface area contributed by atoms with E-state index in [-0.39, 0.29) is 6.04 Å². The molecule has 21 heavy (non-hydrogen) atoms. The first-order chi connectivity index (χ1) is 10.0. The molecule has 0 aromatic heterocycles. The van der Waals surface area contributed by atoms with Gasteiger partial charge in [-0.2, -0.15) is 0 Å². The molecule has 0 heterocycles. The molecule has 5 heteroatoms. The van der Waals surface area contributed by atoms with E-state index in [0.717, 1.165) is 16.5 Å². The zero-order chi connectivity index (χ0) is 15.4. The van der Waals surface area contributed by atoms with Crippen molar-refractivity contribution in [3.8, 4) is 0 Å². The molecular weight excluding hydrogens is 352 g/mol. The lowest BCUT2D eigenvalue weighted by atomic mass is 9.92. The van der Waals surface area contributed by atoms with Crippen molar-refractivity contribution < 1.29 is 4.79 Å². The lowest BCUT2D eigenvalue weighted by Gasteiger charge is -2.29. The Bertz CT molecular complexity index is 515. The van der Waals surface area contributed by atoms with Crippen molar-refractivity contribution in [2.75, 3.05) is 5.73 Å². The SMILES string of the molecule is CCC(NC1CCCCC1)c1cc(C(=O)Cl)cc(Br)c1N. The third-order valence-corrected chi connectivity index (χ3v) is 5.09. The number of halogens is 2. The van der Waals surface area contributed by atoms with Crippen molar-refractivity contribution in [1.29, 1.82) is 0 Å². The van der Waals surface area contributed by atoms with E-state index in [0.29, 0.717) is 17.3 Å². The van der Waals surface area contributed by atoms with Gasteiger partial charge in [-0.3, -0.25) is 4.79 Å². The highest BCUT2D eigenvalue weighted by molar-refractivity contribution is 9.10. The predicted molar refractivity (Wildman–Crippen MR) is 91.8 cm³/mol. The van der Waals surface area contributed by atoms with E-state index in [2.05, 4.69) is 28.2 Å². The number of hydrogen-bond acceptors (Lipinski definition) is 3. The van der Waals surface area contributed by atoms with E-state index in [4.69, 9.17) is 17.3 Å². The maximum Gasteiger partial charge on any atom is 0.252 e. The van der Waals surface area contributed by atoms with Crippen molar-refractivity contribution in [1.82, 2.24) is 5.32 Å². The van der Waals surface area contributed by atoms with Crippen LogP contribution >= 0.6 is 27.5 Å². The van der Waals surface area contributed by atoms with Crippen LogP contribution in [0.5, 0.6) is 0 Å². The highest BCUT2D eigenvalue weighted by atomic mass is 79.9. The predicted octanol–water partition coefficient (Wildman–Crippen LogP) is 4.78. The lowest BCUT2D eigenvalue weighted by molar-refractivity contribution is 0.108. The Morgan fingerprint density at radius 1 is 1.43 bits per heavy atom. The second-order valence-electron chi connectivity index (χ2n) is 5.70. The van der Waals surface area contributed by atoms with E-state index >= 15 is 0 Å². The number of rotatable bonds is 5. The third kappa shape index (κ3) is 4.21. The molecule has 1 aliphatic carbocycles. The maximum atomic E-state index is 11.4. The smallest absolute Gasteiger partial charge is 0.252 e. The van der Waals surface area contributed by atoms with Gasteiger partial charge < -0.3 is 11.1 Å². The molecule has 1 saturated carbocycles. The molecule has 3 N–H and O–H groups in total. The third-order valence-electron chi connectivity index (χ3n) is 4.21. The highest BCUT2D eigenvalue weighted by Crippen LogP contribution is 2.33. The van der Waals surface area contributed by atoms with Gasteiger partial charge in [0.05, 0.1) is 5.69 Å². The molecule has 1 unspecified atom stereocenters. The second-order valence-corrected chi connectivity index (χ2v) is 6.89. The molecule has 1 aromatic carbocycles. The summed E-state index contributed by atoms with van der Waals surface area (Å²) in [6.45, 7) is 2.13. The first kappa shape index (κ1) is 16.8. The minimum absolute atomic E-state index is 0.153. The van der Waals surface area contributed by atoms with Crippen molar-refractivity contribution >= 4 is 38.5 Å². The van der Waals surface area contributed by atoms with Gasteiger partial charge in [-0.25, -0.2) is 0 Å². The molecule has 0 saturated heterocycles. The molecule has 116 valence electrons. The maximum absolute atomic E-state index is 11.4. The molecule has 0 aliphatic heterocycles. The number of carbonyl (C=O) groups is 1. The molecule has 0 bridgehead atoms. The van der Waals surface area contributed by atoms with Crippen LogP contribution in [0.4, 0.5) is 5.69 Å². The first-order valence-electron chi connectivity index (χ1n) is 7.57. The van der Waals surface area contributed by atoms with Gasteiger partial charge in [-0.1, -0.05) is 26.2 Å². The molecular formula is C16H22BrClN2O. The van der Waals surface area contributed by atoms with Crippen LogP contribution in [0, 0.1) is 0 Å². The summed E-state index contributed by atoms with van der Waals surface area (Å²) < 4.78 is 0.730. The zero-order valence-corrected chi connectivity index (χ0v) is 14.6. The fraction of sp³-hybridized carbons (Fsp3) is 0.562. The first-order valence-corrected chi connectivity index (χ1v) is 8.74. The summed E-state index contributed by atoms with van der Waals surface area (Å²) >= 11 is 9.04. The summed E-state index contributed by atoms with van der Waals surface area (Å²) in [5.41, 5.74) is 8.32. The quantitative estimate of drug-likeness (QED) is 0.576. The van der Waals surface area contributed by atoms with Crippen LogP contribution in [-0.2, 0) is 0 Å². The topological polar surface area (TPSA) is 55.1 Å². The Balaban J connectivity index is 2.25. The second kappa shape index (κ2) is 7.61. The molecule has 0 amide bonds. The van der Waals surface area contributed by atoms with Gasteiger partial charge in [0.1, 0.15) is 0 Å². The van der Waals surface area contributed by atoms with Gasteiger partial charge in [-0.15, -0.1) is 0 Å². The Morgan fingerprint density at radius 3 is 2.67 bits per heavy atom. The van der Waals surface area contributed by atoms with E-state index in [1.54, 1.807) is 6.07 Å². The van der Waals surface area contributed by atoms with Gasteiger partial charge in [0.2, 0.25) is 0 Å². The van der Waals surface area contributed by atoms with E-state index in [9.17, 15) is 4.79 Å². The van der Waals surface area contributed by atoms with Crippen LogP contribution in [0.1, 0.15) is 67.4 Å². The zero-order valence-electron chi connectivity index (χ0n) is 12.3. The largest absolute Gasteiger partial charge is 0.398 e. The summed E-state index contributed by atoms with van der Waals surface area (Å²) in [5.74, 6) is 0. The van der Waals surface area contributed by atoms with Crippen molar-refractivity contribution in [2.45, 2.75) is 57.5 Å². The van der Waals surface area contributed by atoms with E-state index in [1.165, 1.54) is 32.1 Å². The Hall–Kier alpha value is -0.580. The minimum atomic E-state index is -0.454. The van der Waals surface area contributed by atoms with Gasteiger partial charge in [0.25, 0.3) is 5.24 Å². The molecule has 0 spiro atoms. The van der Waals surface area contributed by atoms with Crippen LogP contribution in [-0.4, -0.2) is 11.3 Å². The molecule has 0 radical (unpaired) electrons. The van der Waals surface area contributed by atoms with Crippen LogP contribution in [0.25, 0.3) is 0 Å². The van der Waals surface area contributed by atoms with Crippen molar-refractivity contribution in [3.63, 3.8) is 0 Å². The average molecular weight is 374 g/mol. The standard InChI is InChI=1S/C16H22BrClN2O/c1-2-14(20-11-6-4-3-5-7-11)12-8-10(16(18)21)9-13(17)15(12)19/h8-9,11,14,20H,2-7,19H2,1H3. The fourth-order valence-electron chi connectivity index (χ4n) is 3.02. The summed E-state index contributed by atoms with van der Waals surface area (Å²) in [4.78, 5) is 11.4. The van der Waals surface area contributed by atoms with Crippen molar-refractivity contribution in [3.05, 3.63) is 27.7 Å². The van der Waals surface area contributed by atoms with Crippen LogP contribution in [0.3, 0.4) is 0 Å². The number of anilines is 1. The Morgan fingerprint density at radius 2 is 2.10 bits per heavy atom. The lowest BCUT2D eigenvalue weighted by Crippen LogP contribution is -2.34. The minimum Gasteiger partial charge on any atom is -0.398 e. The molecule has 1 fully saturated rings. The number of nitrogen functional groups attached to an aromatic ring is 1. The van der Waals surface area contributed by atoms with Crippen LogP contribution in [0.15, 0.2) is 16.6 Å². The van der Waals surface area contributed by atoms with Crippen molar-refractivity contribution in [2.24, 2.45) is 0 Å². The monoisotopic (exact) mass is 372 g/mol. The summed E-state index contributed by atoms with van der Waals surface area (Å²) in [7, 11) is 0. The van der Waals surface area contributed by atoms with Gasteiger partial charge in [-0.05, 0) is 64.5 Å². The van der Waals surface area contributed by atoms with Gasteiger partial charge in [0.15, 0.2) is 0 Å². The van der Waals surface area contributed by atoms with Gasteiger partial charge in [0, 0.05) is 22.1 Å². The van der Waals surface area contributed by atoms with Crippen LogP contribution < -0.4 is 11.1 Å². The fourth-order valence-corrected chi connectivity index (χ4v) is 3.61. The Kier molecular flexibility index (Phi) is 6.08. The number of carbonyl (C=O) groups excluding carboxylic acids is 1. The normalized spacial score (nSPS) is 17.7. The molecule has 1 aliphatic rings. The van der Waals surface area contributed by atoms with Crippen LogP contribution in [0.2, 0.25) is 0 Å². The average Bonchev–Trinajstić information content (AvgIpc) is 2.48. The van der Waals surface area contributed by atoms with E-state index < -0.39 is 5.24 Å². The Labute approximate surface area is 139 Å². The highest BCUT2D eigenvalue weighted by Gasteiger charge is 2.21. The summed E-state index contributed by atoms with van der Waals surface area (Å²) in [6.07, 6.45) is 7.25. The van der Waals surface area contributed by atoms with E-state index in [1.807, 2.05) is 6.07 Å². The number of benzene rings is 1. The summed E-state index contributed by atoms with van der Waals surface area (Å²) in [5, 5.41) is 3.25. The van der Waals surface area contributed by atoms with Gasteiger partial charge >= 0.3 is 0 Å². The summed E-state index contributed by atoms with van der Waals surface area (Å²) in [6, 6.07) is 4.19. The number of nitrogens with two attached hydrogens (primary N) is 1. The number of nitrogens with one attached hydrogen (secondary N) is 1.